The molecule has 0 amide bonds. The highest BCUT2D eigenvalue weighted by atomic mass is 32.2. The molecule has 2 aliphatic rings. The van der Waals surface area contributed by atoms with Crippen LogP contribution in [-0.4, -0.2) is 56.6 Å². The molecule has 0 spiro atoms. The number of hydrogen-bond donors (Lipinski definition) is 0. The highest BCUT2D eigenvalue weighted by molar-refractivity contribution is 8.00. The Bertz CT molecular complexity index is 1600. The van der Waals surface area contributed by atoms with Crippen LogP contribution in [0.4, 0.5) is 0 Å². The maximum absolute atomic E-state index is 7.31. The third kappa shape index (κ3) is 9.74. The van der Waals surface area contributed by atoms with Crippen molar-refractivity contribution in [2.24, 2.45) is 5.92 Å². The first-order valence-corrected chi connectivity index (χ1v) is 22.6. The Morgan fingerprint density at radius 1 is 0.774 bits per heavy atom. The maximum atomic E-state index is 7.31. The van der Waals surface area contributed by atoms with Gasteiger partial charge in [0.25, 0.3) is 8.32 Å². The second-order valence-corrected chi connectivity index (χ2v) is 21.7. The maximum Gasteiger partial charge on any atom is 0.261 e. The third-order valence-electron chi connectivity index (χ3n) is 11.1. The molecule has 6 atom stereocenters. The lowest BCUT2D eigenvalue weighted by atomic mass is 9.87. The molecule has 7 heteroatoms. The van der Waals surface area contributed by atoms with E-state index in [1.165, 1.54) is 15.9 Å². The highest BCUT2D eigenvalue weighted by Gasteiger charge is 2.53. The van der Waals surface area contributed by atoms with Crippen LogP contribution in [0, 0.1) is 5.92 Å². The van der Waals surface area contributed by atoms with Crippen LogP contribution >= 0.6 is 11.8 Å². The van der Waals surface area contributed by atoms with Crippen molar-refractivity contribution in [2.45, 2.75) is 114 Å². The largest absolute Gasteiger partial charge is 0.407 e. The van der Waals surface area contributed by atoms with E-state index in [0.717, 1.165) is 43.4 Å². The molecule has 0 radical (unpaired) electrons. The average Bonchev–Trinajstić information content (AvgIpc) is 3.31. The van der Waals surface area contributed by atoms with Gasteiger partial charge in [0.15, 0.2) is 0 Å². The van der Waals surface area contributed by atoms with Gasteiger partial charge in [-0.15, -0.1) is 11.8 Å². The molecule has 0 saturated carbocycles. The van der Waals surface area contributed by atoms with Gasteiger partial charge in [-0.1, -0.05) is 156 Å². The van der Waals surface area contributed by atoms with Crippen LogP contribution in [-0.2, 0) is 36.6 Å². The zero-order chi connectivity index (χ0) is 37.2. The molecule has 6 rings (SSSR count). The van der Waals surface area contributed by atoms with Gasteiger partial charge >= 0.3 is 0 Å². The van der Waals surface area contributed by atoms with Crippen molar-refractivity contribution < 1.29 is 23.4 Å². The SMILES string of the molecule is CCS[C@@]12CC[C@H](OCc3ccccc3)[C@@H](COCc3ccccc3)O[C@H]1C[C@H](C)[C@H](CCCO[Si](c1ccccc1)(c1ccccc1)C(C)(C)C)O2. The molecular weight excluding hydrogens is 693 g/mol. The summed E-state index contributed by atoms with van der Waals surface area (Å²) < 4.78 is 34.7. The van der Waals surface area contributed by atoms with Crippen molar-refractivity contribution in [2.75, 3.05) is 19.0 Å². The van der Waals surface area contributed by atoms with Crippen LogP contribution in [0.2, 0.25) is 5.04 Å². The summed E-state index contributed by atoms with van der Waals surface area (Å²) in [6.07, 6.45) is 4.40. The van der Waals surface area contributed by atoms with Crippen molar-refractivity contribution in [3.63, 3.8) is 0 Å². The number of fused-ring (bicyclic) bond motifs is 1. The molecule has 4 aromatic carbocycles. The molecule has 0 N–H and O–H groups in total. The predicted molar refractivity (Wildman–Crippen MR) is 221 cm³/mol. The van der Waals surface area contributed by atoms with Crippen molar-refractivity contribution >= 4 is 30.5 Å². The smallest absolute Gasteiger partial charge is 0.261 e. The van der Waals surface area contributed by atoms with Gasteiger partial charge in [-0.05, 0) is 70.3 Å². The van der Waals surface area contributed by atoms with E-state index in [1.54, 1.807) is 0 Å². The molecule has 0 bridgehead atoms. The zero-order valence-corrected chi connectivity index (χ0v) is 34.3. The summed E-state index contributed by atoms with van der Waals surface area (Å²) in [5.41, 5.74) is 2.33. The fourth-order valence-corrected chi connectivity index (χ4v) is 14.3. The quantitative estimate of drug-likeness (QED) is 0.0840. The van der Waals surface area contributed by atoms with Gasteiger partial charge in [0.2, 0.25) is 0 Å². The summed E-state index contributed by atoms with van der Waals surface area (Å²) in [6, 6.07) is 42.7. The molecule has 4 aromatic rings. The number of rotatable bonds is 16. The molecule has 2 fully saturated rings. The van der Waals surface area contributed by atoms with Gasteiger partial charge in [0, 0.05) is 6.61 Å². The Kier molecular flexibility index (Phi) is 14.1. The van der Waals surface area contributed by atoms with E-state index < -0.39 is 13.3 Å². The Hall–Kier alpha value is -2.75. The van der Waals surface area contributed by atoms with Crippen LogP contribution in [0.1, 0.15) is 77.8 Å². The Morgan fingerprint density at radius 2 is 1.34 bits per heavy atom. The van der Waals surface area contributed by atoms with Crippen molar-refractivity contribution in [1.82, 2.24) is 0 Å². The minimum absolute atomic E-state index is 0.0392. The number of thioether (sulfide) groups is 1. The minimum atomic E-state index is -2.59. The molecule has 53 heavy (non-hydrogen) atoms. The van der Waals surface area contributed by atoms with Gasteiger partial charge < -0.3 is 23.4 Å². The van der Waals surface area contributed by atoms with Gasteiger partial charge in [-0.2, -0.15) is 0 Å². The first-order valence-electron chi connectivity index (χ1n) is 19.7. The number of hydrogen-bond acceptors (Lipinski definition) is 6. The van der Waals surface area contributed by atoms with Crippen LogP contribution in [0.5, 0.6) is 0 Å². The second-order valence-electron chi connectivity index (χ2n) is 15.8. The monoisotopic (exact) mass is 752 g/mol. The lowest BCUT2D eigenvalue weighted by Crippen LogP contribution is -2.66. The van der Waals surface area contributed by atoms with E-state index in [0.29, 0.717) is 32.3 Å². The highest BCUT2D eigenvalue weighted by Crippen LogP contribution is 2.49. The molecule has 2 aliphatic heterocycles. The van der Waals surface area contributed by atoms with Gasteiger partial charge in [0.1, 0.15) is 11.0 Å². The van der Waals surface area contributed by atoms with Crippen LogP contribution in [0.3, 0.4) is 0 Å². The lowest BCUT2D eigenvalue weighted by molar-refractivity contribution is -0.203. The Balaban J connectivity index is 1.16. The molecular formula is C46H60O5SSi. The average molecular weight is 753 g/mol. The summed E-state index contributed by atoms with van der Waals surface area (Å²) in [5.74, 6) is 1.31. The topological polar surface area (TPSA) is 46.2 Å². The standard InChI is InChI=1S/C46H60O5SSi/c1-6-52-46-30-29-42(48-34-38-22-13-8-14-23-38)43(35-47-33-37-20-11-7-12-21-37)50-44(46)32-36(2)41(51-46)28-19-31-49-53(45(3,4)5,39-24-15-9-16-25-39)40-26-17-10-18-27-40/h7-18,20-27,36,41-44H,6,19,28-35H2,1-5H3/t36-,41-,42-,43+,44-,46-/m0/s1. The van der Waals surface area contributed by atoms with Crippen LogP contribution in [0.15, 0.2) is 121 Å². The van der Waals surface area contributed by atoms with E-state index in [9.17, 15) is 0 Å². The van der Waals surface area contributed by atoms with Crippen LogP contribution in [0.25, 0.3) is 0 Å². The molecule has 2 heterocycles. The summed E-state index contributed by atoms with van der Waals surface area (Å²) in [4.78, 5) is -0.423. The minimum Gasteiger partial charge on any atom is -0.407 e. The van der Waals surface area contributed by atoms with Crippen molar-refractivity contribution in [3.8, 4) is 0 Å². The molecule has 2 saturated heterocycles. The van der Waals surface area contributed by atoms with E-state index in [4.69, 9.17) is 23.4 Å². The van der Waals surface area contributed by atoms with E-state index in [1.807, 2.05) is 23.9 Å². The summed E-state index contributed by atoms with van der Waals surface area (Å²) in [5, 5.41) is 2.60. The number of benzene rings is 4. The summed E-state index contributed by atoms with van der Waals surface area (Å²) in [7, 11) is -2.59. The van der Waals surface area contributed by atoms with E-state index in [-0.39, 0.29) is 29.5 Å². The predicted octanol–water partition coefficient (Wildman–Crippen LogP) is 9.57. The van der Waals surface area contributed by atoms with E-state index in [2.05, 4.69) is 144 Å². The molecule has 0 aliphatic carbocycles. The summed E-state index contributed by atoms with van der Waals surface area (Å²) >= 11 is 1.92. The zero-order valence-electron chi connectivity index (χ0n) is 32.5. The lowest BCUT2D eigenvalue weighted by Gasteiger charge is -2.48. The Labute approximate surface area is 324 Å². The van der Waals surface area contributed by atoms with Gasteiger partial charge in [-0.25, -0.2) is 0 Å². The normalized spacial score (nSPS) is 25.0. The summed E-state index contributed by atoms with van der Waals surface area (Å²) in [6.45, 7) is 13.9. The molecule has 0 unspecified atom stereocenters. The van der Waals surface area contributed by atoms with Gasteiger partial charge in [0.05, 0.1) is 38.1 Å². The van der Waals surface area contributed by atoms with Crippen molar-refractivity contribution in [1.29, 1.82) is 0 Å². The van der Waals surface area contributed by atoms with Crippen LogP contribution < -0.4 is 10.4 Å². The van der Waals surface area contributed by atoms with Crippen molar-refractivity contribution in [3.05, 3.63) is 132 Å². The first-order chi connectivity index (χ1) is 25.7. The molecule has 5 nitrogen and oxygen atoms in total. The third-order valence-corrected chi connectivity index (χ3v) is 17.4. The van der Waals surface area contributed by atoms with E-state index >= 15 is 0 Å². The fourth-order valence-electron chi connectivity index (χ4n) is 8.36. The Morgan fingerprint density at radius 3 is 1.91 bits per heavy atom. The first kappa shape index (κ1) is 39.9. The van der Waals surface area contributed by atoms with Gasteiger partial charge in [-0.3, -0.25) is 0 Å². The molecule has 0 aromatic heterocycles. The number of ether oxygens (including phenoxy) is 4. The fraction of sp³-hybridized carbons (Fsp3) is 0.478. The second kappa shape index (κ2) is 18.7. The molecule has 284 valence electrons.